The van der Waals surface area contributed by atoms with Gasteiger partial charge in [0, 0.05) is 12.2 Å². The molecule has 0 saturated heterocycles. The summed E-state index contributed by atoms with van der Waals surface area (Å²) in [5, 5.41) is 11.7. The van der Waals surface area contributed by atoms with Gasteiger partial charge in [-0.25, -0.2) is 4.98 Å². The Morgan fingerprint density at radius 3 is 2.76 bits per heavy atom. The molecule has 0 aromatic carbocycles. The quantitative estimate of drug-likeness (QED) is 0.874. The van der Waals surface area contributed by atoms with Gasteiger partial charge in [0.1, 0.15) is 11.9 Å². The summed E-state index contributed by atoms with van der Waals surface area (Å²) in [6, 6.07) is 5.43. The number of nitrogens with one attached hydrogen (secondary N) is 1. The number of alkyl halides is 2. The van der Waals surface area contributed by atoms with Crippen molar-refractivity contribution in [1.29, 1.82) is 5.26 Å². The highest BCUT2D eigenvalue weighted by atomic mass is 19.3. The van der Waals surface area contributed by atoms with Gasteiger partial charge in [-0.05, 0) is 25.0 Å². The van der Waals surface area contributed by atoms with Crippen LogP contribution in [0.4, 0.5) is 14.6 Å². The fourth-order valence-corrected chi connectivity index (χ4v) is 1.69. The molecular formula is C11H11F2N3O. The lowest BCUT2D eigenvalue weighted by molar-refractivity contribution is -0.182. The van der Waals surface area contributed by atoms with E-state index in [0.717, 1.165) is 0 Å². The highest BCUT2D eigenvalue weighted by Crippen LogP contribution is 2.27. The molecular weight excluding hydrogens is 228 g/mol. The van der Waals surface area contributed by atoms with E-state index in [1.807, 2.05) is 6.07 Å². The molecule has 0 spiro atoms. The molecule has 1 aromatic rings. The molecule has 0 aliphatic heterocycles. The summed E-state index contributed by atoms with van der Waals surface area (Å²) in [6.07, 6.45) is 2.19. The highest BCUT2D eigenvalue weighted by molar-refractivity contribution is 5.40. The normalized spacial score (nSPS) is 22.9. The largest absolute Gasteiger partial charge is 0.367 e. The second-order valence-corrected chi connectivity index (χ2v) is 3.88. The molecule has 1 aliphatic rings. The summed E-state index contributed by atoms with van der Waals surface area (Å²) in [4.78, 5) is 4.03. The Labute approximate surface area is 97.2 Å². The average molecular weight is 239 g/mol. The first-order valence-electron chi connectivity index (χ1n) is 5.23. The Kier molecular flexibility index (Phi) is 3.49. The van der Waals surface area contributed by atoms with Crippen molar-refractivity contribution >= 4 is 5.82 Å². The number of ether oxygens (including phenoxy) is 1. The molecule has 90 valence electrons. The minimum Gasteiger partial charge on any atom is -0.367 e. The Morgan fingerprint density at radius 2 is 2.24 bits per heavy atom. The molecule has 17 heavy (non-hydrogen) atoms. The average Bonchev–Trinajstić information content (AvgIpc) is 2.26. The van der Waals surface area contributed by atoms with Crippen LogP contribution in [0.5, 0.6) is 0 Å². The molecule has 1 saturated carbocycles. The van der Waals surface area contributed by atoms with E-state index >= 15 is 0 Å². The third-order valence-corrected chi connectivity index (χ3v) is 2.63. The Bertz CT molecular complexity index is 410. The van der Waals surface area contributed by atoms with Crippen molar-refractivity contribution < 1.29 is 13.5 Å². The van der Waals surface area contributed by atoms with Crippen molar-refractivity contribution in [3.8, 4) is 6.07 Å². The van der Waals surface area contributed by atoms with Gasteiger partial charge < -0.3 is 10.1 Å². The number of halogens is 2. The van der Waals surface area contributed by atoms with Gasteiger partial charge in [0.2, 0.25) is 0 Å². The van der Waals surface area contributed by atoms with E-state index in [0.29, 0.717) is 24.2 Å². The molecule has 0 unspecified atom stereocenters. The van der Waals surface area contributed by atoms with Crippen LogP contribution in [0.15, 0.2) is 18.3 Å². The maximum absolute atomic E-state index is 11.9. The van der Waals surface area contributed by atoms with Crippen LogP contribution in [0.1, 0.15) is 18.4 Å². The molecule has 0 amide bonds. The summed E-state index contributed by atoms with van der Waals surface area (Å²) < 4.78 is 28.1. The van der Waals surface area contributed by atoms with Gasteiger partial charge >= 0.3 is 6.61 Å². The summed E-state index contributed by atoms with van der Waals surface area (Å²) in [7, 11) is 0. The Balaban J connectivity index is 1.78. The Morgan fingerprint density at radius 1 is 1.47 bits per heavy atom. The summed E-state index contributed by atoms with van der Waals surface area (Å²) in [6.45, 7) is -2.70. The molecule has 1 heterocycles. The van der Waals surface area contributed by atoms with Gasteiger partial charge in [0.15, 0.2) is 0 Å². The van der Waals surface area contributed by atoms with Gasteiger partial charge in [-0.2, -0.15) is 14.0 Å². The molecule has 2 rings (SSSR count). The van der Waals surface area contributed by atoms with Gasteiger partial charge in [-0.1, -0.05) is 0 Å². The minimum absolute atomic E-state index is 0.110. The molecule has 0 atom stereocenters. The second kappa shape index (κ2) is 5.06. The smallest absolute Gasteiger partial charge is 0.345 e. The monoisotopic (exact) mass is 239 g/mol. The fourth-order valence-electron chi connectivity index (χ4n) is 1.69. The maximum Gasteiger partial charge on any atom is 0.345 e. The van der Waals surface area contributed by atoms with E-state index in [1.165, 1.54) is 6.20 Å². The summed E-state index contributed by atoms with van der Waals surface area (Å²) in [5.74, 6) is 0.643. The van der Waals surface area contributed by atoms with Crippen LogP contribution < -0.4 is 5.32 Å². The van der Waals surface area contributed by atoms with Crippen molar-refractivity contribution in [2.75, 3.05) is 5.32 Å². The number of hydrogen-bond acceptors (Lipinski definition) is 4. The number of hydrogen-bond donors (Lipinski definition) is 1. The van der Waals surface area contributed by atoms with E-state index in [2.05, 4.69) is 15.0 Å². The highest BCUT2D eigenvalue weighted by Gasteiger charge is 2.32. The topological polar surface area (TPSA) is 57.9 Å². The number of nitriles is 1. The molecule has 1 fully saturated rings. The zero-order chi connectivity index (χ0) is 12.3. The van der Waals surface area contributed by atoms with E-state index in [4.69, 9.17) is 5.26 Å². The van der Waals surface area contributed by atoms with Crippen LogP contribution in [0.2, 0.25) is 0 Å². The number of anilines is 1. The van der Waals surface area contributed by atoms with Crippen molar-refractivity contribution in [3.05, 3.63) is 23.9 Å². The standard InChI is InChI=1S/C11H11F2N3O/c12-11(13)17-9-3-8(4-9)16-10-2-1-7(5-14)6-15-10/h1-2,6,8-9,11H,3-4H2,(H,15,16). The lowest BCUT2D eigenvalue weighted by Gasteiger charge is -2.35. The number of nitrogens with zero attached hydrogens (tertiary/aromatic N) is 2. The lowest BCUT2D eigenvalue weighted by Crippen LogP contribution is -2.41. The van der Waals surface area contributed by atoms with E-state index in [9.17, 15) is 8.78 Å². The summed E-state index contributed by atoms with van der Waals surface area (Å²) >= 11 is 0. The zero-order valence-electron chi connectivity index (χ0n) is 8.94. The predicted molar refractivity (Wildman–Crippen MR) is 56.5 cm³/mol. The zero-order valence-corrected chi connectivity index (χ0v) is 8.94. The second-order valence-electron chi connectivity index (χ2n) is 3.88. The van der Waals surface area contributed by atoms with Crippen molar-refractivity contribution in [1.82, 2.24) is 4.98 Å². The first-order valence-corrected chi connectivity index (χ1v) is 5.23. The van der Waals surface area contributed by atoms with Crippen LogP contribution in [0, 0.1) is 11.3 Å². The van der Waals surface area contributed by atoms with E-state index in [1.54, 1.807) is 12.1 Å². The van der Waals surface area contributed by atoms with Gasteiger partial charge in [-0.15, -0.1) is 0 Å². The number of pyridine rings is 1. The first-order chi connectivity index (χ1) is 8.17. The van der Waals surface area contributed by atoms with Gasteiger partial charge in [0.05, 0.1) is 11.7 Å². The first kappa shape index (κ1) is 11.7. The third-order valence-electron chi connectivity index (χ3n) is 2.63. The van der Waals surface area contributed by atoms with E-state index < -0.39 is 6.61 Å². The Hall–Kier alpha value is -1.74. The van der Waals surface area contributed by atoms with Crippen LogP contribution in [-0.4, -0.2) is 23.7 Å². The van der Waals surface area contributed by atoms with Gasteiger partial charge in [-0.3, -0.25) is 0 Å². The fraction of sp³-hybridized carbons (Fsp3) is 0.455. The summed E-state index contributed by atoms with van der Waals surface area (Å²) in [5.41, 5.74) is 0.489. The van der Waals surface area contributed by atoms with Crippen LogP contribution in [0.3, 0.4) is 0 Å². The van der Waals surface area contributed by atoms with E-state index in [-0.39, 0.29) is 12.1 Å². The molecule has 1 aromatic heterocycles. The molecule has 0 bridgehead atoms. The van der Waals surface area contributed by atoms with Crippen LogP contribution in [0.25, 0.3) is 0 Å². The van der Waals surface area contributed by atoms with Crippen molar-refractivity contribution in [3.63, 3.8) is 0 Å². The van der Waals surface area contributed by atoms with Crippen LogP contribution in [-0.2, 0) is 4.74 Å². The number of aromatic nitrogens is 1. The molecule has 0 radical (unpaired) electrons. The lowest BCUT2D eigenvalue weighted by atomic mass is 9.89. The molecule has 1 N–H and O–H groups in total. The molecule has 4 nitrogen and oxygen atoms in total. The predicted octanol–water partition coefficient (Wildman–Crippen LogP) is 2.14. The third kappa shape index (κ3) is 3.11. The molecule has 1 aliphatic carbocycles. The van der Waals surface area contributed by atoms with Gasteiger partial charge in [0.25, 0.3) is 0 Å². The van der Waals surface area contributed by atoms with Crippen molar-refractivity contribution in [2.45, 2.75) is 31.6 Å². The van der Waals surface area contributed by atoms with Crippen LogP contribution >= 0.6 is 0 Å². The number of rotatable bonds is 4. The minimum atomic E-state index is -2.70. The molecule has 6 heteroatoms. The van der Waals surface area contributed by atoms with Crippen molar-refractivity contribution in [2.24, 2.45) is 0 Å². The maximum atomic E-state index is 11.9. The SMILES string of the molecule is N#Cc1ccc(NC2CC(OC(F)F)C2)nc1.